The summed E-state index contributed by atoms with van der Waals surface area (Å²) in [5.41, 5.74) is 2.69. The minimum absolute atomic E-state index is 0.336. The monoisotopic (exact) mass is 179 g/mol. The number of hydrogen-bond donors (Lipinski definition) is 2. The van der Waals surface area contributed by atoms with E-state index < -0.39 is 5.97 Å². The van der Waals surface area contributed by atoms with Crippen LogP contribution < -0.4 is 0 Å². The normalized spacial score (nSPS) is 20.2. The van der Waals surface area contributed by atoms with Crippen molar-refractivity contribution in [2.24, 2.45) is 0 Å². The second-order valence-corrected chi connectivity index (χ2v) is 3.57. The molecule has 0 amide bonds. The SMILES string of the molecule is CC[C@@H]1CCc2cc(C(=O)O)[nH]c21. The van der Waals surface area contributed by atoms with Crippen molar-refractivity contribution in [3.05, 3.63) is 23.0 Å². The van der Waals surface area contributed by atoms with Gasteiger partial charge in [-0.3, -0.25) is 0 Å². The van der Waals surface area contributed by atoms with Crippen molar-refractivity contribution in [3.63, 3.8) is 0 Å². The largest absolute Gasteiger partial charge is 0.477 e. The van der Waals surface area contributed by atoms with E-state index in [1.807, 2.05) is 0 Å². The number of nitrogens with one attached hydrogen (secondary N) is 1. The Kier molecular flexibility index (Phi) is 1.87. The first-order valence-electron chi connectivity index (χ1n) is 4.67. The second kappa shape index (κ2) is 2.91. The number of fused-ring (bicyclic) bond motifs is 1. The van der Waals surface area contributed by atoms with Crippen molar-refractivity contribution < 1.29 is 9.90 Å². The maximum Gasteiger partial charge on any atom is 0.352 e. The van der Waals surface area contributed by atoms with Crippen molar-refractivity contribution in [1.82, 2.24) is 4.98 Å². The molecule has 0 aliphatic heterocycles. The Labute approximate surface area is 76.8 Å². The van der Waals surface area contributed by atoms with Crippen molar-refractivity contribution in [2.45, 2.75) is 32.1 Å². The smallest absolute Gasteiger partial charge is 0.352 e. The molecule has 1 aliphatic rings. The molecule has 0 radical (unpaired) electrons. The number of aryl methyl sites for hydroxylation is 1. The van der Waals surface area contributed by atoms with Gasteiger partial charge in [-0.1, -0.05) is 6.92 Å². The van der Waals surface area contributed by atoms with Crippen LogP contribution in [-0.2, 0) is 6.42 Å². The molecular formula is C10H13NO2. The molecule has 3 heteroatoms. The summed E-state index contributed by atoms with van der Waals surface area (Å²) in [6.45, 7) is 2.14. The maximum atomic E-state index is 10.7. The highest BCUT2D eigenvalue weighted by molar-refractivity contribution is 5.86. The number of carbonyl (C=O) groups is 1. The highest BCUT2D eigenvalue weighted by atomic mass is 16.4. The van der Waals surface area contributed by atoms with Gasteiger partial charge < -0.3 is 10.1 Å². The lowest BCUT2D eigenvalue weighted by atomic mass is 10.1. The summed E-state index contributed by atoms with van der Waals surface area (Å²) < 4.78 is 0. The van der Waals surface area contributed by atoms with E-state index in [9.17, 15) is 4.79 Å². The van der Waals surface area contributed by atoms with Crippen LogP contribution in [0.25, 0.3) is 0 Å². The highest BCUT2D eigenvalue weighted by Gasteiger charge is 2.24. The molecule has 0 aromatic carbocycles. The Balaban J connectivity index is 2.36. The molecule has 3 nitrogen and oxygen atoms in total. The fraction of sp³-hybridized carbons (Fsp3) is 0.500. The third-order valence-corrected chi connectivity index (χ3v) is 2.83. The molecule has 1 aliphatic carbocycles. The molecule has 1 heterocycles. The molecule has 0 fully saturated rings. The van der Waals surface area contributed by atoms with Gasteiger partial charge in [0.1, 0.15) is 5.69 Å². The van der Waals surface area contributed by atoms with Crippen LogP contribution in [0.4, 0.5) is 0 Å². The van der Waals surface area contributed by atoms with Crippen LogP contribution in [-0.4, -0.2) is 16.1 Å². The van der Waals surface area contributed by atoms with Crippen LogP contribution in [0.1, 0.15) is 47.4 Å². The topological polar surface area (TPSA) is 53.1 Å². The summed E-state index contributed by atoms with van der Waals surface area (Å²) in [5, 5.41) is 8.77. The van der Waals surface area contributed by atoms with Gasteiger partial charge in [0.15, 0.2) is 0 Å². The van der Waals surface area contributed by atoms with Gasteiger partial charge >= 0.3 is 5.97 Å². The third-order valence-electron chi connectivity index (χ3n) is 2.83. The third kappa shape index (κ3) is 1.24. The lowest BCUT2D eigenvalue weighted by Crippen LogP contribution is -1.98. The van der Waals surface area contributed by atoms with Gasteiger partial charge in [0, 0.05) is 5.69 Å². The van der Waals surface area contributed by atoms with Gasteiger partial charge in [-0.2, -0.15) is 0 Å². The quantitative estimate of drug-likeness (QED) is 0.730. The summed E-state index contributed by atoms with van der Waals surface area (Å²) >= 11 is 0. The van der Waals surface area contributed by atoms with E-state index in [0.717, 1.165) is 25.0 Å². The van der Waals surface area contributed by atoms with Gasteiger partial charge in [0.2, 0.25) is 0 Å². The first-order chi connectivity index (χ1) is 6.22. The van der Waals surface area contributed by atoms with Crippen LogP contribution in [0.15, 0.2) is 6.07 Å². The Morgan fingerprint density at radius 2 is 2.54 bits per heavy atom. The summed E-state index contributed by atoms with van der Waals surface area (Å²) in [6, 6.07) is 1.77. The van der Waals surface area contributed by atoms with Crippen LogP contribution in [0.2, 0.25) is 0 Å². The minimum Gasteiger partial charge on any atom is -0.477 e. The first-order valence-corrected chi connectivity index (χ1v) is 4.67. The van der Waals surface area contributed by atoms with Gasteiger partial charge in [-0.15, -0.1) is 0 Å². The lowest BCUT2D eigenvalue weighted by molar-refractivity contribution is 0.0691. The fourth-order valence-electron chi connectivity index (χ4n) is 2.08. The zero-order chi connectivity index (χ0) is 9.42. The molecule has 0 unspecified atom stereocenters. The van der Waals surface area contributed by atoms with E-state index in [0.29, 0.717) is 11.6 Å². The molecule has 70 valence electrons. The number of H-pyrrole nitrogens is 1. The van der Waals surface area contributed by atoms with Crippen LogP contribution >= 0.6 is 0 Å². The van der Waals surface area contributed by atoms with Crippen LogP contribution in [0.5, 0.6) is 0 Å². The molecule has 1 aromatic rings. The Bertz CT molecular complexity index is 341. The second-order valence-electron chi connectivity index (χ2n) is 3.57. The first kappa shape index (κ1) is 8.35. The number of carboxylic acid groups (broad SMARTS) is 1. The highest BCUT2D eigenvalue weighted by Crippen LogP contribution is 2.34. The average Bonchev–Trinajstić information content (AvgIpc) is 2.60. The summed E-state index contributed by atoms with van der Waals surface area (Å²) in [5.74, 6) is -0.313. The number of aromatic nitrogens is 1. The Morgan fingerprint density at radius 3 is 3.15 bits per heavy atom. The van der Waals surface area contributed by atoms with E-state index in [1.54, 1.807) is 6.07 Å². The minimum atomic E-state index is -0.857. The van der Waals surface area contributed by atoms with Crippen LogP contribution in [0, 0.1) is 0 Å². The molecule has 0 saturated carbocycles. The molecule has 13 heavy (non-hydrogen) atoms. The van der Waals surface area contributed by atoms with Crippen molar-refractivity contribution in [2.75, 3.05) is 0 Å². The predicted molar refractivity (Wildman–Crippen MR) is 49.1 cm³/mol. The molecule has 2 rings (SSSR count). The van der Waals surface area contributed by atoms with E-state index in [1.165, 1.54) is 5.56 Å². The van der Waals surface area contributed by atoms with Crippen LogP contribution in [0.3, 0.4) is 0 Å². The lowest BCUT2D eigenvalue weighted by Gasteiger charge is -2.04. The van der Waals surface area contributed by atoms with E-state index in [4.69, 9.17) is 5.11 Å². The summed E-state index contributed by atoms with van der Waals surface area (Å²) in [6.07, 6.45) is 3.28. The molecule has 0 spiro atoms. The molecule has 0 bridgehead atoms. The number of rotatable bonds is 2. The molecular weight excluding hydrogens is 166 g/mol. The standard InChI is InChI=1S/C10H13NO2/c1-2-6-3-4-7-5-8(10(12)13)11-9(6)7/h5-6,11H,2-4H2,1H3,(H,12,13)/t6-/m1/s1. The van der Waals surface area contributed by atoms with E-state index in [2.05, 4.69) is 11.9 Å². The van der Waals surface area contributed by atoms with E-state index >= 15 is 0 Å². The number of hydrogen-bond acceptors (Lipinski definition) is 1. The van der Waals surface area contributed by atoms with Gasteiger partial charge in [0.25, 0.3) is 0 Å². The zero-order valence-electron chi connectivity index (χ0n) is 7.63. The van der Waals surface area contributed by atoms with Gasteiger partial charge in [0.05, 0.1) is 0 Å². The zero-order valence-corrected chi connectivity index (χ0v) is 7.63. The molecule has 1 atom stereocenters. The summed E-state index contributed by atoms with van der Waals surface area (Å²) in [4.78, 5) is 13.7. The Hall–Kier alpha value is -1.25. The van der Waals surface area contributed by atoms with Gasteiger partial charge in [-0.05, 0) is 36.8 Å². The predicted octanol–water partition coefficient (Wildman–Crippen LogP) is 2.15. The van der Waals surface area contributed by atoms with Crippen molar-refractivity contribution in [3.8, 4) is 0 Å². The average molecular weight is 179 g/mol. The molecule has 2 N–H and O–H groups in total. The molecule has 0 saturated heterocycles. The molecule has 1 aromatic heterocycles. The number of aromatic amines is 1. The van der Waals surface area contributed by atoms with Gasteiger partial charge in [-0.25, -0.2) is 4.79 Å². The maximum absolute atomic E-state index is 10.7. The van der Waals surface area contributed by atoms with Crippen molar-refractivity contribution in [1.29, 1.82) is 0 Å². The Morgan fingerprint density at radius 1 is 1.77 bits per heavy atom. The van der Waals surface area contributed by atoms with Crippen molar-refractivity contribution >= 4 is 5.97 Å². The number of aromatic carboxylic acids is 1. The summed E-state index contributed by atoms with van der Waals surface area (Å²) in [7, 11) is 0. The fourth-order valence-corrected chi connectivity index (χ4v) is 2.08. The van der Waals surface area contributed by atoms with E-state index in [-0.39, 0.29) is 0 Å². The number of carboxylic acids is 1.